The maximum Gasteiger partial charge on any atom is 0.255 e. The van der Waals surface area contributed by atoms with Crippen LogP contribution in [0, 0.1) is 5.92 Å². The molecule has 154 valence electrons. The van der Waals surface area contributed by atoms with Crippen molar-refractivity contribution in [2.75, 3.05) is 10.3 Å². The molecule has 7 nitrogen and oxygen atoms in total. The van der Waals surface area contributed by atoms with E-state index in [1.54, 1.807) is 19.1 Å². The van der Waals surface area contributed by atoms with Crippen LogP contribution in [0.25, 0.3) is 0 Å². The van der Waals surface area contributed by atoms with Crippen molar-refractivity contribution in [2.45, 2.75) is 36.3 Å². The predicted octanol–water partition coefficient (Wildman–Crippen LogP) is 3.38. The zero-order valence-electron chi connectivity index (χ0n) is 16.5. The van der Waals surface area contributed by atoms with E-state index < -0.39 is 0 Å². The lowest BCUT2D eigenvalue weighted by atomic mass is 10.3. The van der Waals surface area contributed by atoms with Crippen LogP contribution in [0.1, 0.15) is 26.2 Å². The summed E-state index contributed by atoms with van der Waals surface area (Å²) in [7, 11) is 0. The molecule has 2 N–H and O–H groups in total. The number of anilines is 2. The second kappa shape index (κ2) is 8.71. The van der Waals surface area contributed by atoms with Crippen molar-refractivity contribution < 1.29 is 14.4 Å². The molecule has 2 aliphatic rings. The zero-order chi connectivity index (χ0) is 21.1. The summed E-state index contributed by atoms with van der Waals surface area (Å²) >= 11 is 1.40. The molecule has 0 aromatic heterocycles. The van der Waals surface area contributed by atoms with Crippen molar-refractivity contribution in [1.29, 1.82) is 0 Å². The number of hydrogen-bond acceptors (Lipinski definition) is 5. The summed E-state index contributed by atoms with van der Waals surface area (Å²) in [6.45, 7) is 1.80. The van der Waals surface area contributed by atoms with Crippen LogP contribution in [0.4, 0.5) is 11.4 Å². The minimum atomic E-state index is -0.375. The quantitative estimate of drug-likeness (QED) is 0.698. The highest BCUT2D eigenvalue weighted by Crippen LogP contribution is 2.31. The Morgan fingerprint density at radius 1 is 1.07 bits per heavy atom. The number of para-hydroxylation sites is 1. The fraction of sp³-hybridized carbons (Fsp3) is 0.273. The molecule has 0 bridgehead atoms. The molecule has 2 aromatic rings. The van der Waals surface area contributed by atoms with E-state index in [0.717, 1.165) is 23.4 Å². The SMILES string of the molecule is CC(Sc1ccc(NC(=O)C2CC2)cc1)C(=O)NC1=NN(c2ccccc2)C(=O)C1. The van der Waals surface area contributed by atoms with Crippen LogP contribution in [0.3, 0.4) is 0 Å². The monoisotopic (exact) mass is 422 g/mol. The second-order valence-electron chi connectivity index (χ2n) is 7.30. The lowest BCUT2D eigenvalue weighted by Gasteiger charge is -2.12. The third kappa shape index (κ3) is 4.88. The van der Waals surface area contributed by atoms with Gasteiger partial charge < -0.3 is 10.6 Å². The van der Waals surface area contributed by atoms with E-state index in [4.69, 9.17) is 0 Å². The fourth-order valence-corrected chi connectivity index (χ4v) is 3.85. The molecule has 1 unspecified atom stereocenters. The Kier molecular flexibility index (Phi) is 5.85. The van der Waals surface area contributed by atoms with Crippen molar-refractivity contribution in [3.05, 3.63) is 54.6 Å². The highest BCUT2D eigenvalue weighted by atomic mass is 32.2. The van der Waals surface area contributed by atoms with Gasteiger partial charge in [0.25, 0.3) is 5.91 Å². The molecule has 30 heavy (non-hydrogen) atoms. The molecule has 2 aromatic carbocycles. The maximum atomic E-state index is 12.5. The Morgan fingerprint density at radius 3 is 2.43 bits per heavy atom. The van der Waals surface area contributed by atoms with Gasteiger partial charge in [-0.1, -0.05) is 18.2 Å². The summed E-state index contributed by atoms with van der Waals surface area (Å²) in [6.07, 6.45) is 1.99. The van der Waals surface area contributed by atoms with Crippen LogP contribution >= 0.6 is 11.8 Å². The van der Waals surface area contributed by atoms with Crippen molar-refractivity contribution in [2.24, 2.45) is 11.0 Å². The molecule has 1 atom stereocenters. The Bertz CT molecular complexity index is 987. The van der Waals surface area contributed by atoms with Crippen LogP contribution in [0.15, 0.2) is 64.6 Å². The molecule has 4 rings (SSSR count). The molecule has 0 radical (unpaired) electrons. The van der Waals surface area contributed by atoms with Crippen molar-refractivity contribution in [1.82, 2.24) is 5.32 Å². The summed E-state index contributed by atoms with van der Waals surface area (Å²) in [5, 5.41) is 10.8. The van der Waals surface area contributed by atoms with E-state index in [1.807, 2.05) is 42.5 Å². The van der Waals surface area contributed by atoms with E-state index in [9.17, 15) is 14.4 Å². The van der Waals surface area contributed by atoms with Gasteiger partial charge in [-0.25, -0.2) is 0 Å². The summed E-state index contributed by atoms with van der Waals surface area (Å²) in [4.78, 5) is 37.5. The number of carbonyl (C=O) groups is 3. The number of hydrazone groups is 1. The molecular formula is C22H22N4O3S. The Labute approximate surface area is 178 Å². The fourth-order valence-electron chi connectivity index (χ4n) is 2.98. The van der Waals surface area contributed by atoms with Crippen LogP contribution in [-0.4, -0.2) is 28.8 Å². The van der Waals surface area contributed by atoms with Crippen LogP contribution in [-0.2, 0) is 14.4 Å². The average molecular weight is 423 g/mol. The number of amides is 3. The standard InChI is InChI=1S/C22H22N4O3S/c1-14(30-18-11-9-16(10-12-18)23-22(29)15-7-8-15)21(28)24-19-13-20(27)26(25-19)17-5-3-2-4-6-17/h2-6,9-12,14-15H,7-8,13H2,1H3,(H,23,29)(H,24,25,28). The van der Waals surface area contributed by atoms with Gasteiger partial charge in [0.05, 0.1) is 17.4 Å². The first-order valence-corrected chi connectivity index (χ1v) is 10.7. The van der Waals surface area contributed by atoms with Gasteiger partial charge in [-0.2, -0.15) is 10.1 Å². The first kappa shape index (κ1) is 20.2. The molecule has 8 heteroatoms. The summed E-state index contributed by atoms with van der Waals surface area (Å²) in [5.74, 6) is 0.179. The average Bonchev–Trinajstić information content (AvgIpc) is 3.53. The summed E-state index contributed by atoms with van der Waals surface area (Å²) in [6, 6.07) is 16.5. The van der Waals surface area contributed by atoms with Gasteiger partial charge in [-0.15, -0.1) is 11.8 Å². The van der Waals surface area contributed by atoms with Crippen molar-refractivity contribution >= 4 is 46.7 Å². The smallest absolute Gasteiger partial charge is 0.255 e. The Morgan fingerprint density at radius 2 is 1.77 bits per heavy atom. The van der Waals surface area contributed by atoms with Crippen molar-refractivity contribution in [3.63, 3.8) is 0 Å². The topological polar surface area (TPSA) is 90.9 Å². The van der Waals surface area contributed by atoms with Gasteiger partial charge in [0.2, 0.25) is 11.8 Å². The van der Waals surface area contributed by atoms with E-state index in [1.165, 1.54) is 16.8 Å². The first-order chi connectivity index (χ1) is 14.5. The Hall–Kier alpha value is -3.13. The van der Waals surface area contributed by atoms with Gasteiger partial charge in [0, 0.05) is 16.5 Å². The minimum Gasteiger partial charge on any atom is -0.326 e. The number of thioether (sulfide) groups is 1. The van der Waals surface area contributed by atoms with E-state index in [2.05, 4.69) is 15.7 Å². The highest BCUT2D eigenvalue weighted by molar-refractivity contribution is 8.00. The third-order valence-electron chi connectivity index (χ3n) is 4.80. The van der Waals surface area contributed by atoms with Gasteiger partial charge >= 0.3 is 0 Å². The molecule has 1 aliphatic carbocycles. The predicted molar refractivity (Wildman–Crippen MR) is 117 cm³/mol. The summed E-state index contributed by atoms with van der Waals surface area (Å²) < 4.78 is 0. The molecule has 1 aliphatic heterocycles. The largest absolute Gasteiger partial charge is 0.326 e. The summed E-state index contributed by atoms with van der Waals surface area (Å²) in [5.41, 5.74) is 1.43. The van der Waals surface area contributed by atoms with Gasteiger partial charge in [-0.05, 0) is 56.2 Å². The van der Waals surface area contributed by atoms with Gasteiger partial charge in [0.15, 0.2) is 0 Å². The minimum absolute atomic E-state index is 0.0629. The number of amidine groups is 1. The highest BCUT2D eigenvalue weighted by Gasteiger charge is 2.30. The molecule has 1 fully saturated rings. The first-order valence-electron chi connectivity index (χ1n) is 9.83. The zero-order valence-corrected chi connectivity index (χ0v) is 17.3. The Balaban J connectivity index is 1.31. The number of rotatable bonds is 6. The number of carbonyl (C=O) groups excluding carboxylic acids is 3. The molecule has 1 saturated carbocycles. The molecule has 1 heterocycles. The van der Waals surface area contributed by atoms with Crippen molar-refractivity contribution in [3.8, 4) is 0 Å². The van der Waals surface area contributed by atoms with E-state index in [0.29, 0.717) is 11.5 Å². The lowest BCUT2D eigenvalue weighted by Crippen LogP contribution is -2.35. The molecule has 0 saturated heterocycles. The van der Waals surface area contributed by atoms with Crippen LogP contribution in [0.2, 0.25) is 0 Å². The molecular weight excluding hydrogens is 400 g/mol. The third-order valence-corrected chi connectivity index (χ3v) is 5.91. The number of nitrogens with zero attached hydrogens (tertiary/aromatic N) is 2. The van der Waals surface area contributed by atoms with Gasteiger partial charge in [0.1, 0.15) is 5.84 Å². The number of hydrogen-bond donors (Lipinski definition) is 2. The maximum absolute atomic E-state index is 12.5. The van der Waals surface area contributed by atoms with Crippen LogP contribution < -0.4 is 15.6 Å². The van der Waals surface area contributed by atoms with E-state index >= 15 is 0 Å². The molecule has 0 spiro atoms. The second-order valence-corrected chi connectivity index (χ2v) is 8.72. The van der Waals surface area contributed by atoms with E-state index in [-0.39, 0.29) is 35.3 Å². The van der Waals surface area contributed by atoms with Crippen LogP contribution in [0.5, 0.6) is 0 Å². The lowest BCUT2D eigenvalue weighted by molar-refractivity contribution is -0.119. The normalized spacial score (nSPS) is 16.8. The number of nitrogens with one attached hydrogen (secondary N) is 2. The molecule has 3 amide bonds. The number of benzene rings is 2. The van der Waals surface area contributed by atoms with Gasteiger partial charge in [-0.3, -0.25) is 14.4 Å².